The molecule has 0 amide bonds. The zero-order valence-electron chi connectivity index (χ0n) is 22.1. The molecule has 3 aromatic rings. The SMILES string of the molecule is CCCCn1cc(-c2ccc(O[C@@H]3CCN(CC(C)CCNC)C[C@H]3F)c(F)c2)c2ccncc2c1=O.[HH]. The first-order valence-corrected chi connectivity index (χ1v) is 13.4. The summed E-state index contributed by atoms with van der Waals surface area (Å²) in [6.07, 6.45) is 6.51. The van der Waals surface area contributed by atoms with E-state index in [1.807, 2.05) is 7.05 Å². The molecular formula is C29H40F2N4O2. The van der Waals surface area contributed by atoms with Crippen LogP contribution in [0.4, 0.5) is 8.78 Å². The topological polar surface area (TPSA) is 59.4 Å². The van der Waals surface area contributed by atoms with Crippen molar-refractivity contribution in [3.63, 3.8) is 0 Å². The third-order valence-corrected chi connectivity index (χ3v) is 7.18. The minimum absolute atomic E-state index is 0. The molecule has 37 heavy (non-hydrogen) atoms. The van der Waals surface area contributed by atoms with Gasteiger partial charge >= 0.3 is 0 Å². The molecule has 0 spiro atoms. The molecule has 0 bridgehead atoms. The summed E-state index contributed by atoms with van der Waals surface area (Å²) in [5.74, 6) is -0.0100. The summed E-state index contributed by atoms with van der Waals surface area (Å²) in [5.41, 5.74) is 1.29. The lowest BCUT2D eigenvalue weighted by Crippen LogP contribution is -2.48. The molecule has 1 unspecified atom stereocenters. The van der Waals surface area contributed by atoms with E-state index >= 15 is 4.39 Å². The molecule has 1 saturated heterocycles. The van der Waals surface area contributed by atoms with Gasteiger partial charge in [-0.1, -0.05) is 26.3 Å². The standard InChI is InChI=1S/C29H38F2N4O2.H2/c1-4-5-13-35-18-24(22-9-12-33-16-23(22)29(35)36)21-6-7-27(25(30)15-21)37-28-10-14-34(19-26(28)31)17-20(2)8-11-32-3;/h6-7,9,12,15-16,18,20,26,28,32H,4-5,8,10-11,13-14,17,19H2,1-3H3;1H/t20?,26-,28-;/m1./s1. The highest BCUT2D eigenvalue weighted by molar-refractivity contribution is 5.95. The molecule has 202 valence electrons. The van der Waals surface area contributed by atoms with Crippen LogP contribution in [0.2, 0.25) is 0 Å². The number of nitrogens with one attached hydrogen (secondary N) is 1. The van der Waals surface area contributed by atoms with E-state index in [0.717, 1.165) is 49.8 Å². The van der Waals surface area contributed by atoms with Gasteiger partial charge in [0.1, 0.15) is 12.3 Å². The molecule has 1 aliphatic rings. The molecule has 6 nitrogen and oxygen atoms in total. The summed E-state index contributed by atoms with van der Waals surface area (Å²) in [6, 6.07) is 6.52. The Hall–Kier alpha value is -2.84. The van der Waals surface area contributed by atoms with Crippen molar-refractivity contribution >= 4 is 10.8 Å². The number of hydrogen-bond acceptors (Lipinski definition) is 5. The monoisotopic (exact) mass is 514 g/mol. The summed E-state index contributed by atoms with van der Waals surface area (Å²) in [6.45, 7) is 7.66. The third-order valence-electron chi connectivity index (χ3n) is 7.18. The second-order valence-corrected chi connectivity index (χ2v) is 10.2. The second kappa shape index (κ2) is 12.6. The minimum Gasteiger partial charge on any atom is -0.484 e. The van der Waals surface area contributed by atoms with Crippen LogP contribution in [0.1, 0.15) is 41.0 Å². The van der Waals surface area contributed by atoms with Crippen LogP contribution in [0, 0.1) is 11.7 Å². The molecule has 1 fully saturated rings. The van der Waals surface area contributed by atoms with Crippen LogP contribution in [0.3, 0.4) is 0 Å². The van der Waals surface area contributed by atoms with Gasteiger partial charge in [0.25, 0.3) is 5.56 Å². The fraction of sp³-hybridized carbons (Fsp3) is 0.517. The number of benzene rings is 1. The number of alkyl halides is 1. The van der Waals surface area contributed by atoms with Crippen molar-refractivity contribution < 1.29 is 14.9 Å². The highest BCUT2D eigenvalue weighted by atomic mass is 19.1. The van der Waals surface area contributed by atoms with E-state index < -0.39 is 18.1 Å². The first-order valence-electron chi connectivity index (χ1n) is 13.4. The van der Waals surface area contributed by atoms with E-state index in [9.17, 15) is 9.18 Å². The molecule has 1 N–H and O–H groups in total. The Balaban J connectivity index is 0.00000400. The Morgan fingerprint density at radius 3 is 2.86 bits per heavy atom. The van der Waals surface area contributed by atoms with Gasteiger partial charge in [-0.3, -0.25) is 14.7 Å². The van der Waals surface area contributed by atoms with Crippen molar-refractivity contribution in [1.82, 2.24) is 19.8 Å². The largest absolute Gasteiger partial charge is 0.484 e. The number of halogens is 2. The quantitative estimate of drug-likeness (QED) is 0.377. The summed E-state index contributed by atoms with van der Waals surface area (Å²) in [4.78, 5) is 19.2. The smallest absolute Gasteiger partial charge is 0.260 e. The molecule has 3 heterocycles. The number of fused-ring (bicyclic) bond motifs is 1. The number of hydrogen-bond donors (Lipinski definition) is 1. The van der Waals surface area contributed by atoms with Gasteiger partial charge in [0.2, 0.25) is 0 Å². The van der Waals surface area contributed by atoms with Crippen LogP contribution in [0.15, 0.2) is 47.7 Å². The van der Waals surface area contributed by atoms with Gasteiger partial charge in [0.15, 0.2) is 11.6 Å². The van der Waals surface area contributed by atoms with Gasteiger partial charge in [0, 0.05) is 51.8 Å². The molecule has 1 aromatic carbocycles. The van der Waals surface area contributed by atoms with Crippen LogP contribution in [0.25, 0.3) is 21.9 Å². The number of ether oxygens (including phenoxy) is 1. The first-order chi connectivity index (χ1) is 17.9. The fourth-order valence-electron chi connectivity index (χ4n) is 5.06. The van der Waals surface area contributed by atoms with E-state index in [1.54, 1.807) is 41.4 Å². The molecule has 0 radical (unpaired) electrons. The van der Waals surface area contributed by atoms with Gasteiger partial charge in [-0.25, -0.2) is 8.78 Å². The number of aryl methyl sites for hydroxylation is 1. The summed E-state index contributed by atoms with van der Waals surface area (Å²) in [7, 11) is 1.93. The Morgan fingerprint density at radius 1 is 1.30 bits per heavy atom. The van der Waals surface area contributed by atoms with Gasteiger partial charge < -0.3 is 14.6 Å². The highest BCUT2D eigenvalue weighted by Gasteiger charge is 2.32. The Morgan fingerprint density at radius 2 is 2.14 bits per heavy atom. The molecule has 4 rings (SSSR count). The van der Waals surface area contributed by atoms with E-state index in [0.29, 0.717) is 36.4 Å². The molecule has 1 aliphatic heterocycles. The lowest BCUT2D eigenvalue weighted by atomic mass is 10.0. The van der Waals surface area contributed by atoms with Gasteiger partial charge in [-0.2, -0.15) is 0 Å². The maximum atomic E-state index is 15.2. The zero-order valence-corrected chi connectivity index (χ0v) is 22.1. The van der Waals surface area contributed by atoms with Crippen molar-refractivity contribution in [3.8, 4) is 16.9 Å². The number of nitrogens with zero attached hydrogens (tertiary/aromatic N) is 3. The van der Waals surface area contributed by atoms with Crippen LogP contribution in [0.5, 0.6) is 5.75 Å². The van der Waals surface area contributed by atoms with Crippen molar-refractivity contribution in [1.29, 1.82) is 0 Å². The fourth-order valence-corrected chi connectivity index (χ4v) is 5.06. The second-order valence-electron chi connectivity index (χ2n) is 10.2. The number of likely N-dealkylation sites (tertiary alicyclic amines) is 1. The van der Waals surface area contributed by atoms with Gasteiger partial charge in [-0.15, -0.1) is 0 Å². The van der Waals surface area contributed by atoms with Crippen molar-refractivity contribution in [2.24, 2.45) is 5.92 Å². The van der Waals surface area contributed by atoms with Crippen molar-refractivity contribution in [3.05, 3.63) is 59.0 Å². The zero-order chi connectivity index (χ0) is 26.4. The molecule has 8 heteroatoms. The van der Waals surface area contributed by atoms with Crippen LogP contribution >= 0.6 is 0 Å². The number of piperidine rings is 1. The Bertz CT molecular complexity index is 1250. The number of rotatable bonds is 11. The van der Waals surface area contributed by atoms with Crippen LogP contribution in [-0.2, 0) is 6.54 Å². The van der Waals surface area contributed by atoms with Gasteiger partial charge in [-0.05, 0) is 67.9 Å². The number of aromatic nitrogens is 2. The number of unbranched alkanes of at least 4 members (excludes halogenated alkanes) is 1. The minimum atomic E-state index is -1.18. The summed E-state index contributed by atoms with van der Waals surface area (Å²) in [5, 5.41) is 4.38. The molecule has 0 aliphatic carbocycles. The molecule has 0 saturated carbocycles. The normalized spacial score (nSPS) is 19.3. The maximum absolute atomic E-state index is 15.2. The Labute approximate surface area is 219 Å². The van der Waals surface area contributed by atoms with E-state index in [1.165, 1.54) is 6.07 Å². The summed E-state index contributed by atoms with van der Waals surface area (Å²) >= 11 is 0. The molecule has 3 atom stereocenters. The lowest BCUT2D eigenvalue weighted by Gasteiger charge is -2.36. The van der Waals surface area contributed by atoms with Gasteiger partial charge in [0.05, 0.1) is 5.39 Å². The van der Waals surface area contributed by atoms with E-state index in [4.69, 9.17) is 4.74 Å². The lowest BCUT2D eigenvalue weighted by molar-refractivity contribution is 0.0152. The van der Waals surface area contributed by atoms with Crippen molar-refractivity contribution in [2.75, 3.05) is 33.2 Å². The average Bonchev–Trinajstić information content (AvgIpc) is 2.90. The first kappa shape index (κ1) is 27.2. The highest BCUT2D eigenvalue weighted by Crippen LogP contribution is 2.31. The maximum Gasteiger partial charge on any atom is 0.260 e. The van der Waals surface area contributed by atoms with E-state index in [2.05, 4.69) is 29.0 Å². The van der Waals surface area contributed by atoms with E-state index in [-0.39, 0.29) is 12.7 Å². The molecule has 2 aromatic heterocycles. The van der Waals surface area contributed by atoms with Crippen LogP contribution < -0.4 is 15.6 Å². The summed E-state index contributed by atoms with van der Waals surface area (Å²) < 4.78 is 37.7. The average molecular weight is 515 g/mol. The third kappa shape index (κ3) is 6.54. The predicted octanol–water partition coefficient (Wildman–Crippen LogP) is 5.29. The number of pyridine rings is 2. The van der Waals surface area contributed by atoms with Crippen LogP contribution in [-0.4, -0.2) is 60.0 Å². The predicted molar refractivity (Wildman–Crippen MR) is 146 cm³/mol. The Kier molecular flexibility index (Phi) is 9.27. The van der Waals surface area contributed by atoms with Crippen molar-refractivity contribution in [2.45, 2.75) is 58.4 Å². The molecular weight excluding hydrogens is 474 g/mol.